The maximum atomic E-state index is 13.4. The molecule has 0 bridgehead atoms. The van der Waals surface area contributed by atoms with Crippen LogP contribution in [0.15, 0.2) is 41.4 Å². The molecule has 0 spiro atoms. The first-order valence-corrected chi connectivity index (χ1v) is 11.1. The summed E-state index contributed by atoms with van der Waals surface area (Å²) >= 11 is 0. The van der Waals surface area contributed by atoms with Crippen LogP contribution >= 0.6 is 0 Å². The Balaban J connectivity index is 1.69. The molecule has 0 N–H and O–H groups in total. The second kappa shape index (κ2) is 8.85. The lowest BCUT2D eigenvalue weighted by Gasteiger charge is -2.37. The van der Waals surface area contributed by atoms with E-state index in [0.29, 0.717) is 55.5 Å². The minimum absolute atomic E-state index is 0.0977. The minimum atomic E-state index is -4.49. The summed E-state index contributed by atoms with van der Waals surface area (Å²) < 4.78 is 51.4. The van der Waals surface area contributed by atoms with Crippen LogP contribution in [0.3, 0.4) is 0 Å². The van der Waals surface area contributed by atoms with Crippen molar-refractivity contribution in [2.45, 2.75) is 33.4 Å². The van der Waals surface area contributed by atoms with E-state index in [-0.39, 0.29) is 22.8 Å². The summed E-state index contributed by atoms with van der Waals surface area (Å²) in [5.74, 6) is 1.89. The Bertz CT molecular complexity index is 1110. The van der Waals surface area contributed by atoms with Gasteiger partial charge in [0.2, 0.25) is 5.91 Å². The van der Waals surface area contributed by atoms with E-state index in [4.69, 9.17) is 9.47 Å². The van der Waals surface area contributed by atoms with Crippen molar-refractivity contribution in [3.63, 3.8) is 0 Å². The van der Waals surface area contributed by atoms with Gasteiger partial charge in [-0.25, -0.2) is 4.99 Å². The molecule has 1 amide bonds. The van der Waals surface area contributed by atoms with Gasteiger partial charge in [0.05, 0.1) is 18.2 Å². The van der Waals surface area contributed by atoms with Crippen molar-refractivity contribution in [2.75, 3.05) is 33.3 Å². The third-order valence-corrected chi connectivity index (χ3v) is 5.77. The largest absolute Gasteiger partial charge is 0.497 e. The third kappa shape index (κ3) is 5.13. The molecule has 9 heteroatoms. The molecular weight excluding hydrogens is 447 g/mol. The predicted molar refractivity (Wildman–Crippen MR) is 123 cm³/mol. The van der Waals surface area contributed by atoms with Crippen molar-refractivity contribution < 1.29 is 27.4 Å². The van der Waals surface area contributed by atoms with Crippen LogP contribution in [0.25, 0.3) is 0 Å². The van der Waals surface area contributed by atoms with E-state index < -0.39 is 11.7 Å². The summed E-state index contributed by atoms with van der Waals surface area (Å²) in [6.45, 7) is 8.08. The van der Waals surface area contributed by atoms with Gasteiger partial charge in [-0.3, -0.25) is 4.79 Å². The summed E-state index contributed by atoms with van der Waals surface area (Å²) in [7, 11) is 1.54. The first kappa shape index (κ1) is 23.9. The van der Waals surface area contributed by atoms with Crippen LogP contribution in [-0.2, 0) is 11.0 Å². The molecule has 0 aliphatic carbocycles. The topological polar surface area (TPSA) is 54.4 Å². The van der Waals surface area contributed by atoms with Crippen LogP contribution in [0, 0.1) is 5.41 Å². The van der Waals surface area contributed by atoms with E-state index in [1.165, 1.54) is 6.07 Å². The zero-order chi connectivity index (χ0) is 24.7. The van der Waals surface area contributed by atoms with Crippen molar-refractivity contribution in [1.82, 2.24) is 9.80 Å². The second-order valence-electron chi connectivity index (χ2n) is 9.69. The number of benzene rings is 2. The van der Waals surface area contributed by atoms with E-state index in [1.807, 2.05) is 30.6 Å². The number of piperazine rings is 1. The van der Waals surface area contributed by atoms with Crippen LogP contribution in [0.4, 0.5) is 18.9 Å². The highest BCUT2D eigenvalue weighted by Gasteiger charge is 2.33. The maximum absolute atomic E-state index is 13.4. The molecule has 2 aromatic carbocycles. The SMILES string of the molecule is COc1ccc2c(c1)C(N1CCN(C(=O)CC(C)(C)C)CC1)=Nc1cc(C(F)(F)F)ccc1O2. The molecule has 34 heavy (non-hydrogen) atoms. The average Bonchev–Trinajstić information content (AvgIpc) is 2.93. The number of aliphatic imine (C=N–C) groups is 1. The molecule has 0 saturated carbocycles. The summed E-state index contributed by atoms with van der Waals surface area (Å²) in [5.41, 5.74) is -0.171. The number of halogens is 3. The number of nitrogens with zero attached hydrogens (tertiary/aromatic N) is 3. The van der Waals surface area contributed by atoms with Gasteiger partial charge in [0.25, 0.3) is 0 Å². The number of rotatable bonds is 2. The number of ether oxygens (including phenoxy) is 2. The van der Waals surface area contributed by atoms with Crippen molar-refractivity contribution in [2.24, 2.45) is 10.4 Å². The van der Waals surface area contributed by atoms with Crippen LogP contribution in [-0.4, -0.2) is 54.8 Å². The Hall–Kier alpha value is -3.23. The van der Waals surface area contributed by atoms with Crippen LogP contribution in [0.2, 0.25) is 0 Å². The smallest absolute Gasteiger partial charge is 0.416 e. The summed E-state index contributed by atoms with van der Waals surface area (Å²) in [6.07, 6.45) is -4.04. The minimum Gasteiger partial charge on any atom is -0.497 e. The highest BCUT2D eigenvalue weighted by atomic mass is 19.4. The fourth-order valence-electron chi connectivity index (χ4n) is 4.03. The fraction of sp³-hybridized carbons (Fsp3) is 0.440. The Labute approximate surface area is 197 Å². The molecule has 1 fully saturated rings. The number of carbonyl (C=O) groups is 1. The first-order valence-electron chi connectivity index (χ1n) is 11.1. The highest BCUT2D eigenvalue weighted by molar-refractivity contribution is 6.04. The Kier molecular flexibility index (Phi) is 6.22. The molecule has 0 atom stereocenters. The quantitative estimate of drug-likeness (QED) is 0.577. The number of amidine groups is 1. The van der Waals surface area contributed by atoms with Crippen LogP contribution < -0.4 is 9.47 Å². The van der Waals surface area contributed by atoms with Crippen LogP contribution in [0.5, 0.6) is 17.2 Å². The summed E-state index contributed by atoms with van der Waals surface area (Å²) in [5, 5.41) is 0. The predicted octanol–water partition coefficient (Wildman–Crippen LogP) is 5.48. The lowest BCUT2D eigenvalue weighted by atomic mass is 9.91. The van der Waals surface area contributed by atoms with E-state index in [2.05, 4.69) is 4.99 Å². The van der Waals surface area contributed by atoms with E-state index in [1.54, 1.807) is 25.3 Å². The van der Waals surface area contributed by atoms with Crippen molar-refractivity contribution in [3.05, 3.63) is 47.5 Å². The van der Waals surface area contributed by atoms with E-state index in [0.717, 1.165) is 12.1 Å². The van der Waals surface area contributed by atoms with Crippen LogP contribution in [0.1, 0.15) is 38.3 Å². The van der Waals surface area contributed by atoms with Gasteiger partial charge in [-0.2, -0.15) is 13.2 Å². The molecule has 4 rings (SSSR count). The summed E-state index contributed by atoms with van der Waals surface area (Å²) in [4.78, 5) is 21.1. The Morgan fingerprint density at radius 1 is 1.03 bits per heavy atom. The van der Waals surface area contributed by atoms with Gasteiger partial charge < -0.3 is 19.3 Å². The second-order valence-corrected chi connectivity index (χ2v) is 9.69. The van der Waals surface area contributed by atoms with Crippen molar-refractivity contribution in [3.8, 4) is 17.2 Å². The van der Waals surface area contributed by atoms with Gasteiger partial charge in [0.1, 0.15) is 23.0 Å². The third-order valence-electron chi connectivity index (χ3n) is 5.77. The lowest BCUT2D eigenvalue weighted by Crippen LogP contribution is -2.51. The van der Waals surface area contributed by atoms with Crippen molar-refractivity contribution in [1.29, 1.82) is 0 Å². The molecule has 0 unspecified atom stereocenters. The summed E-state index contributed by atoms with van der Waals surface area (Å²) in [6, 6.07) is 8.50. The standard InChI is InChI=1S/C25H28F3N3O3/c1-24(2,3)15-22(32)30-9-11-31(12-10-30)23-18-14-17(33-4)6-8-20(18)34-21-7-5-16(25(26,27)28)13-19(21)29-23/h5-8,13-14H,9-12,15H2,1-4H3. The molecule has 2 aliphatic heterocycles. The molecule has 2 aliphatic rings. The Morgan fingerprint density at radius 3 is 2.32 bits per heavy atom. The number of carbonyl (C=O) groups excluding carboxylic acids is 1. The van der Waals surface area contributed by atoms with Gasteiger partial charge >= 0.3 is 6.18 Å². The maximum Gasteiger partial charge on any atom is 0.416 e. The van der Waals surface area contributed by atoms with E-state index >= 15 is 0 Å². The average molecular weight is 476 g/mol. The Morgan fingerprint density at radius 2 is 1.71 bits per heavy atom. The molecule has 6 nitrogen and oxygen atoms in total. The van der Waals surface area contributed by atoms with Gasteiger partial charge in [-0.1, -0.05) is 20.8 Å². The molecule has 182 valence electrons. The van der Waals surface area contributed by atoms with Gasteiger partial charge in [0, 0.05) is 32.6 Å². The monoisotopic (exact) mass is 475 g/mol. The number of hydrogen-bond acceptors (Lipinski definition) is 5. The molecule has 2 heterocycles. The molecule has 1 saturated heterocycles. The fourth-order valence-corrected chi connectivity index (χ4v) is 4.03. The van der Waals surface area contributed by atoms with Crippen molar-refractivity contribution >= 4 is 17.4 Å². The number of methoxy groups -OCH3 is 1. The number of alkyl halides is 3. The molecule has 0 aromatic heterocycles. The van der Waals surface area contributed by atoms with E-state index in [9.17, 15) is 18.0 Å². The number of amides is 1. The zero-order valence-corrected chi connectivity index (χ0v) is 19.7. The first-order chi connectivity index (χ1) is 15.9. The molecular formula is C25H28F3N3O3. The number of fused-ring (bicyclic) bond motifs is 2. The number of hydrogen-bond donors (Lipinski definition) is 0. The molecule has 0 radical (unpaired) electrons. The normalized spacial score (nSPS) is 16.1. The van der Waals surface area contributed by atoms with Gasteiger partial charge in [0.15, 0.2) is 5.75 Å². The van der Waals surface area contributed by atoms with Gasteiger partial charge in [-0.15, -0.1) is 0 Å². The zero-order valence-electron chi connectivity index (χ0n) is 19.7. The lowest BCUT2D eigenvalue weighted by molar-refractivity contribution is -0.137. The molecule has 2 aromatic rings. The van der Waals surface area contributed by atoms with Gasteiger partial charge in [-0.05, 0) is 41.8 Å². The highest BCUT2D eigenvalue weighted by Crippen LogP contribution is 2.42.